The molecule has 0 atom stereocenters. The van der Waals surface area contributed by atoms with Gasteiger partial charge in [0.25, 0.3) is 6.47 Å². The van der Waals surface area contributed by atoms with E-state index in [9.17, 15) is 8.78 Å². The summed E-state index contributed by atoms with van der Waals surface area (Å²) in [5, 5.41) is 7.73. The quantitative estimate of drug-likeness (QED) is 0.708. The Morgan fingerprint density at radius 2 is 1.58 bits per heavy atom. The Labute approximate surface area is 148 Å². The van der Waals surface area contributed by atoms with Gasteiger partial charge in [0.1, 0.15) is 11.6 Å². The first-order valence-corrected chi connectivity index (χ1v) is 7.52. The van der Waals surface area contributed by atoms with Gasteiger partial charge in [0.15, 0.2) is 11.5 Å². The number of carbonyl (C=O) groups is 1. The second-order valence-corrected chi connectivity index (χ2v) is 5.25. The molecule has 1 N–H and O–H groups in total. The fourth-order valence-electron chi connectivity index (χ4n) is 2.59. The Balaban J connectivity index is 0.000000758. The lowest BCUT2D eigenvalue weighted by atomic mass is 10.0. The topological polar surface area (TPSA) is 68.7 Å². The summed E-state index contributed by atoms with van der Waals surface area (Å²) < 4.78 is 38.6. The molecule has 0 radical (unpaired) electrons. The fourth-order valence-corrected chi connectivity index (χ4v) is 2.59. The second kappa shape index (κ2) is 8.24. The third kappa shape index (κ3) is 3.72. The summed E-state index contributed by atoms with van der Waals surface area (Å²) in [5.74, 6) is -0.193. The highest BCUT2D eigenvalue weighted by Crippen LogP contribution is 2.35. The summed E-state index contributed by atoms with van der Waals surface area (Å²) in [5.41, 5.74) is 1.54. The molecule has 0 aliphatic carbocycles. The average Bonchev–Trinajstić information content (AvgIpc) is 2.61. The molecule has 2 aromatic carbocycles. The van der Waals surface area contributed by atoms with E-state index >= 15 is 0 Å². The van der Waals surface area contributed by atoms with Crippen LogP contribution in [-0.4, -0.2) is 30.8 Å². The minimum Gasteiger partial charge on any atom is -0.493 e. The van der Waals surface area contributed by atoms with Crippen molar-refractivity contribution in [2.75, 3.05) is 14.2 Å². The number of benzene rings is 2. The lowest BCUT2D eigenvalue weighted by Crippen LogP contribution is -1.96. The maximum absolute atomic E-state index is 14.0. The summed E-state index contributed by atoms with van der Waals surface area (Å²) >= 11 is 0. The number of pyridine rings is 1. The monoisotopic (exact) mass is 361 g/mol. The number of aryl methyl sites for hydroxylation is 1. The van der Waals surface area contributed by atoms with Crippen LogP contribution in [0, 0.1) is 18.6 Å². The highest BCUT2D eigenvalue weighted by Gasteiger charge is 2.15. The first-order chi connectivity index (χ1) is 12.5. The number of fused-ring (bicyclic) bond motifs is 1. The molecule has 1 aromatic heterocycles. The minimum absolute atomic E-state index is 0.132. The van der Waals surface area contributed by atoms with Crippen molar-refractivity contribution >= 4 is 17.4 Å². The van der Waals surface area contributed by atoms with Gasteiger partial charge in [0, 0.05) is 11.5 Å². The number of ether oxygens (including phenoxy) is 2. The molecule has 7 heteroatoms. The maximum atomic E-state index is 14.0. The van der Waals surface area contributed by atoms with Gasteiger partial charge < -0.3 is 14.6 Å². The summed E-state index contributed by atoms with van der Waals surface area (Å²) in [6.45, 7) is 1.61. The molecule has 1 heterocycles. The molecule has 0 unspecified atom stereocenters. The third-order valence-electron chi connectivity index (χ3n) is 3.74. The molecular formula is C19H17F2NO4. The van der Waals surface area contributed by atoms with Crippen LogP contribution in [0.3, 0.4) is 0 Å². The molecular weight excluding hydrogens is 344 g/mol. The highest BCUT2D eigenvalue weighted by molar-refractivity contribution is 5.88. The van der Waals surface area contributed by atoms with E-state index < -0.39 is 11.6 Å². The average molecular weight is 361 g/mol. The van der Waals surface area contributed by atoms with Crippen molar-refractivity contribution < 1.29 is 28.2 Å². The van der Waals surface area contributed by atoms with Crippen LogP contribution < -0.4 is 9.47 Å². The van der Waals surface area contributed by atoms with Crippen LogP contribution >= 0.6 is 0 Å². The normalized spacial score (nSPS) is 10.0. The first-order valence-electron chi connectivity index (χ1n) is 7.52. The van der Waals surface area contributed by atoms with Crippen molar-refractivity contribution in [1.29, 1.82) is 0 Å². The van der Waals surface area contributed by atoms with Crippen LogP contribution in [0.2, 0.25) is 0 Å². The van der Waals surface area contributed by atoms with E-state index in [1.54, 1.807) is 25.3 Å². The van der Waals surface area contributed by atoms with Gasteiger partial charge in [-0.05, 0) is 36.8 Å². The van der Waals surface area contributed by atoms with Crippen LogP contribution in [0.4, 0.5) is 8.78 Å². The van der Waals surface area contributed by atoms with Gasteiger partial charge in [-0.2, -0.15) is 0 Å². The van der Waals surface area contributed by atoms with Gasteiger partial charge in [0.05, 0.1) is 31.0 Å². The highest BCUT2D eigenvalue weighted by atomic mass is 19.1. The molecule has 0 saturated carbocycles. The largest absolute Gasteiger partial charge is 0.493 e. The Hall–Kier alpha value is -3.22. The molecule has 136 valence electrons. The molecule has 0 aliphatic rings. The molecule has 0 fully saturated rings. The smallest absolute Gasteiger partial charge is 0.290 e. The Morgan fingerprint density at radius 3 is 2.12 bits per heavy atom. The number of nitrogens with zero attached hydrogens (tertiary/aromatic N) is 1. The van der Waals surface area contributed by atoms with Crippen molar-refractivity contribution in [3.8, 4) is 22.8 Å². The van der Waals surface area contributed by atoms with E-state index in [4.69, 9.17) is 19.4 Å². The number of methoxy groups -OCH3 is 2. The Morgan fingerprint density at radius 1 is 1.04 bits per heavy atom. The molecule has 0 spiro atoms. The van der Waals surface area contributed by atoms with Gasteiger partial charge in [-0.3, -0.25) is 4.79 Å². The van der Waals surface area contributed by atoms with Crippen molar-refractivity contribution in [2.45, 2.75) is 6.92 Å². The number of halogens is 2. The number of rotatable bonds is 3. The van der Waals surface area contributed by atoms with Crippen LogP contribution in [0.25, 0.3) is 22.2 Å². The molecule has 0 saturated heterocycles. The van der Waals surface area contributed by atoms with E-state index in [2.05, 4.69) is 4.98 Å². The zero-order valence-corrected chi connectivity index (χ0v) is 14.4. The summed E-state index contributed by atoms with van der Waals surface area (Å²) in [4.78, 5) is 12.8. The molecule has 0 aliphatic heterocycles. The predicted molar refractivity (Wildman–Crippen MR) is 93.6 cm³/mol. The second-order valence-electron chi connectivity index (χ2n) is 5.25. The molecule has 26 heavy (non-hydrogen) atoms. The predicted octanol–water partition coefficient (Wildman–Crippen LogP) is 4.21. The van der Waals surface area contributed by atoms with Crippen molar-refractivity contribution in [1.82, 2.24) is 4.98 Å². The molecule has 0 bridgehead atoms. The number of hydrogen-bond acceptors (Lipinski definition) is 4. The summed E-state index contributed by atoms with van der Waals surface area (Å²) in [6, 6.07) is 8.93. The Kier molecular flexibility index (Phi) is 6.06. The number of hydrogen-bond donors (Lipinski definition) is 1. The zero-order valence-electron chi connectivity index (χ0n) is 14.4. The lowest BCUT2D eigenvalue weighted by molar-refractivity contribution is -0.122. The standard InChI is InChI=1S/C18H15F2NO2.CH2O2/c1-10-7-15(18-12(19)5-4-6-13(18)20)21-14-9-17(23-3)16(22-2)8-11(10)14;2-1-3/h4-9H,1-3H3;1H,(H,2,3). The molecule has 3 aromatic rings. The number of aromatic nitrogens is 1. The SMILES string of the molecule is COc1cc2nc(-c3c(F)cccc3F)cc(C)c2cc1OC.O=CO. The van der Waals surface area contributed by atoms with Gasteiger partial charge in [-0.15, -0.1) is 0 Å². The maximum Gasteiger partial charge on any atom is 0.290 e. The number of carboxylic acid groups (broad SMARTS) is 1. The van der Waals surface area contributed by atoms with E-state index in [-0.39, 0.29) is 17.7 Å². The molecule has 0 amide bonds. The lowest BCUT2D eigenvalue weighted by Gasteiger charge is -2.12. The third-order valence-corrected chi connectivity index (χ3v) is 3.74. The fraction of sp³-hybridized carbons (Fsp3) is 0.158. The van der Waals surface area contributed by atoms with Crippen LogP contribution in [-0.2, 0) is 4.79 Å². The van der Waals surface area contributed by atoms with Gasteiger partial charge in [-0.1, -0.05) is 6.07 Å². The van der Waals surface area contributed by atoms with Crippen LogP contribution in [0.15, 0.2) is 36.4 Å². The van der Waals surface area contributed by atoms with Crippen LogP contribution in [0.5, 0.6) is 11.5 Å². The van der Waals surface area contributed by atoms with Crippen molar-refractivity contribution in [3.05, 3.63) is 53.6 Å². The van der Waals surface area contributed by atoms with Gasteiger partial charge in [-0.25, -0.2) is 13.8 Å². The van der Waals surface area contributed by atoms with E-state index in [0.717, 1.165) is 10.9 Å². The molecule has 5 nitrogen and oxygen atoms in total. The van der Waals surface area contributed by atoms with E-state index in [1.165, 1.54) is 25.3 Å². The van der Waals surface area contributed by atoms with Crippen molar-refractivity contribution in [3.63, 3.8) is 0 Å². The summed E-state index contributed by atoms with van der Waals surface area (Å²) in [7, 11) is 3.08. The minimum atomic E-state index is -0.642. The van der Waals surface area contributed by atoms with Crippen LogP contribution in [0.1, 0.15) is 5.56 Å². The van der Waals surface area contributed by atoms with Gasteiger partial charge in [0.2, 0.25) is 0 Å². The zero-order chi connectivity index (χ0) is 19.3. The Bertz CT molecular complexity index is 924. The van der Waals surface area contributed by atoms with E-state index in [0.29, 0.717) is 17.0 Å². The van der Waals surface area contributed by atoms with E-state index in [1.807, 2.05) is 6.92 Å². The van der Waals surface area contributed by atoms with Crippen molar-refractivity contribution in [2.24, 2.45) is 0 Å². The van der Waals surface area contributed by atoms with Gasteiger partial charge >= 0.3 is 0 Å². The summed E-state index contributed by atoms with van der Waals surface area (Å²) in [6.07, 6.45) is 0. The first kappa shape index (κ1) is 19.1. The molecule has 3 rings (SSSR count).